The van der Waals surface area contributed by atoms with Crippen LogP contribution in [0.15, 0.2) is 5.38 Å². The average Bonchev–Trinajstić information content (AvgIpc) is 3.10. The van der Waals surface area contributed by atoms with Gasteiger partial charge in [-0.3, -0.25) is 0 Å². The molecule has 2 heterocycles. The van der Waals surface area contributed by atoms with Crippen molar-refractivity contribution in [1.82, 2.24) is 10.3 Å². The number of thioether (sulfide) groups is 1. The van der Waals surface area contributed by atoms with E-state index < -0.39 is 0 Å². The highest BCUT2D eigenvalue weighted by atomic mass is 32.2. The summed E-state index contributed by atoms with van der Waals surface area (Å²) in [6.07, 6.45) is 5.44. The van der Waals surface area contributed by atoms with Gasteiger partial charge in [0.25, 0.3) is 0 Å². The Balaban J connectivity index is 1.67. The predicted octanol–water partition coefficient (Wildman–Crippen LogP) is 3.39. The number of nitrogens with zero attached hydrogens (tertiary/aromatic N) is 1. The third-order valence-corrected chi connectivity index (χ3v) is 5.73. The van der Waals surface area contributed by atoms with Crippen LogP contribution in [-0.4, -0.2) is 22.5 Å². The highest BCUT2D eigenvalue weighted by Crippen LogP contribution is 2.42. The Morgan fingerprint density at radius 3 is 2.65 bits per heavy atom. The molecule has 1 aromatic heterocycles. The van der Waals surface area contributed by atoms with Crippen molar-refractivity contribution in [3.05, 3.63) is 16.1 Å². The highest BCUT2D eigenvalue weighted by molar-refractivity contribution is 7.99. The molecule has 1 N–H and O–H groups in total. The van der Waals surface area contributed by atoms with Crippen LogP contribution in [0.2, 0.25) is 0 Å². The van der Waals surface area contributed by atoms with Crippen molar-refractivity contribution in [2.24, 2.45) is 5.92 Å². The molecule has 1 saturated heterocycles. The molecule has 2 aliphatic rings. The maximum Gasteiger partial charge on any atom is 0.110 e. The fraction of sp³-hybridized carbons (Fsp3) is 0.769. The molecule has 0 amide bonds. The van der Waals surface area contributed by atoms with Crippen LogP contribution in [0.5, 0.6) is 0 Å². The minimum Gasteiger partial charge on any atom is -0.305 e. The van der Waals surface area contributed by atoms with Crippen molar-refractivity contribution in [2.45, 2.75) is 44.7 Å². The lowest BCUT2D eigenvalue weighted by Gasteiger charge is -2.27. The molecule has 0 bridgehead atoms. The monoisotopic (exact) mass is 268 g/mol. The summed E-state index contributed by atoms with van der Waals surface area (Å²) in [6.45, 7) is 2.10. The minimum atomic E-state index is 0.543. The van der Waals surface area contributed by atoms with Gasteiger partial charge in [-0.1, -0.05) is 0 Å². The van der Waals surface area contributed by atoms with Gasteiger partial charge in [0.1, 0.15) is 5.01 Å². The molecule has 17 heavy (non-hydrogen) atoms. The van der Waals surface area contributed by atoms with Gasteiger partial charge < -0.3 is 5.32 Å². The lowest BCUT2D eigenvalue weighted by molar-refractivity contribution is 0.384. The maximum atomic E-state index is 4.69. The molecule has 1 aliphatic carbocycles. The molecule has 0 spiro atoms. The number of hydrogen-bond acceptors (Lipinski definition) is 4. The van der Waals surface area contributed by atoms with E-state index in [0.29, 0.717) is 6.04 Å². The summed E-state index contributed by atoms with van der Waals surface area (Å²) in [5.74, 6) is 3.51. The van der Waals surface area contributed by atoms with E-state index in [1.165, 1.54) is 47.9 Å². The zero-order chi connectivity index (χ0) is 11.7. The van der Waals surface area contributed by atoms with Gasteiger partial charge in [0.05, 0.1) is 6.04 Å². The fourth-order valence-electron chi connectivity index (χ4n) is 2.47. The van der Waals surface area contributed by atoms with Gasteiger partial charge in [-0.2, -0.15) is 11.8 Å². The smallest absolute Gasteiger partial charge is 0.110 e. The molecule has 1 aliphatic heterocycles. The molecule has 1 aromatic rings. The first-order valence-corrected chi connectivity index (χ1v) is 8.62. The molecule has 2 nitrogen and oxygen atoms in total. The molecular weight excluding hydrogens is 248 g/mol. The first-order chi connectivity index (χ1) is 8.33. The third-order valence-electron chi connectivity index (χ3n) is 3.63. The van der Waals surface area contributed by atoms with Gasteiger partial charge in [0.2, 0.25) is 0 Å². The molecule has 1 saturated carbocycles. The van der Waals surface area contributed by atoms with Crippen molar-refractivity contribution in [1.29, 1.82) is 0 Å². The van der Waals surface area contributed by atoms with Crippen molar-refractivity contribution in [3.8, 4) is 0 Å². The van der Waals surface area contributed by atoms with E-state index in [1.807, 2.05) is 11.3 Å². The van der Waals surface area contributed by atoms with Crippen molar-refractivity contribution < 1.29 is 0 Å². The van der Waals surface area contributed by atoms with E-state index in [1.54, 1.807) is 0 Å². The van der Waals surface area contributed by atoms with Crippen LogP contribution in [0, 0.1) is 12.8 Å². The second kappa shape index (κ2) is 5.29. The summed E-state index contributed by atoms with van der Waals surface area (Å²) in [4.78, 5) is 4.69. The van der Waals surface area contributed by atoms with E-state index in [4.69, 9.17) is 0 Å². The number of hydrogen-bond donors (Lipinski definition) is 1. The van der Waals surface area contributed by atoms with Crippen molar-refractivity contribution in [2.75, 3.05) is 11.5 Å². The van der Waals surface area contributed by atoms with Crippen LogP contribution >= 0.6 is 23.1 Å². The van der Waals surface area contributed by atoms with Gasteiger partial charge in [-0.15, -0.1) is 11.3 Å². The molecule has 4 heteroatoms. The zero-order valence-corrected chi connectivity index (χ0v) is 11.9. The Bertz CT molecular complexity index is 367. The number of thiazole rings is 1. The quantitative estimate of drug-likeness (QED) is 0.906. The Labute approximate surface area is 112 Å². The molecule has 0 radical (unpaired) electrons. The van der Waals surface area contributed by atoms with Gasteiger partial charge in [0, 0.05) is 17.1 Å². The first kappa shape index (κ1) is 12.0. The molecule has 2 fully saturated rings. The van der Waals surface area contributed by atoms with Crippen LogP contribution in [0.3, 0.4) is 0 Å². The van der Waals surface area contributed by atoms with E-state index in [-0.39, 0.29) is 0 Å². The summed E-state index contributed by atoms with van der Waals surface area (Å²) in [5, 5.41) is 7.39. The summed E-state index contributed by atoms with van der Waals surface area (Å²) in [5.41, 5.74) is 1.18. The SMILES string of the molecule is Cc1csc(C(NC2CCSCC2)C2CC2)n1. The van der Waals surface area contributed by atoms with Crippen LogP contribution in [-0.2, 0) is 0 Å². The normalized spacial score (nSPS) is 23.8. The molecule has 94 valence electrons. The fourth-order valence-corrected chi connectivity index (χ4v) is 4.53. The predicted molar refractivity (Wildman–Crippen MR) is 75.8 cm³/mol. The van der Waals surface area contributed by atoms with Crippen LogP contribution in [0.25, 0.3) is 0 Å². The Hall–Kier alpha value is -0.0600. The number of nitrogens with one attached hydrogen (secondary N) is 1. The second-order valence-corrected chi connectivity index (χ2v) is 7.31. The highest BCUT2D eigenvalue weighted by Gasteiger charge is 2.35. The number of aryl methyl sites for hydroxylation is 1. The Kier molecular flexibility index (Phi) is 3.73. The van der Waals surface area contributed by atoms with Gasteiger partial charge in [-0.25, -0.2) is 4.98 Å². The lowest BCUT2D eigenvalue weighted by Crippen LogP contribution is -2.36. The van der Waals surface area contributed by atoms with Crippen molar-refractivity contribution >= 4 is 23.1 Å². The van der Waals surface area contributed by atoms with Gasteiger partial charge in [-0.05, 0) is 50.0 Å². The van der Waals surface area contributed by atoms with E-state index in [0.717, 1.165) is 12.0 Å². The first-order valence-electron chi connectivity index (χ1n) is 6.59. The van der Waals surface area contributed by atoms with Gasteiger partial charge >= 0.3 is 0 Å². The number of rotatable bonds is 4. The minimum absolute atomic E-state index is 0.543. The van der Waals surface area contributed by atoms with E-state index in [9.17, 15) is 0 Å². The molecular formula is C13H20N2S2. The van der Waals surface area contributed by atoms with Crippen LogP contribution in [0.1, 0.15) is 42.4 Å². The molecule has 3 rings (SSSR count). The second-order valence-electron chi connectivity index (χ2n) is 5.20. The van der Waals surface area contributed by atoms with E-state index >= 15 is 0 Å². The topological polar surface area (TPSA) is 24.9 Å². The lowest BCUT2D eigenvalue weighted by atomic mass is 10.1. The van der Waals surface area contributed by atoms with Crippen LogP contribution < -0.4 is 5.32 Å². The average molecular weight is 268 g/mol. The summed E-state index contributed by atoms with van der Waals surface area (Å²) in [7, 11) is 0. The maximum absolute atomic E-state index is 4.69. The molecule has 0 aromatic carbocycles. The van der Waals surface area contributed by atoms with E-state index in [2.05, 4.69) is 34.4 Å². The van der Waals surface area contributed by atoms with Crippen molar-refractivity contribution in [3.63, 3.8) is 0 Å². The summed E-state index contributed by atoms with van der Waals surface area (Å²) >= 11 is 3.93. The largest absolute Gasteiger partial charge is 0.305 e. The third kappa shape index (κ3) is 3.04. The summed E-state index contributed by atoms with van der Waals surface area (Å²) in [6, 6.07) is 1.27. The zero-order valence-electron chi connectivity index (χ0n) is 10.3. The molecule has 1 atom stereocenters. The summed E-state index contributed by atoms with van der Waals surface area (Å²) < 4.78 is 0. The number of aromatic nitrogens is 1. The van der Waals surface area contributed by atoms with Crippen LogP contribution in [0.4, 0.5) is 0 Å². The molecule has 1 unspecified atom stereocenters. The standard InChI is InChI=1S/C13H20N2S2/c1-9-8-17-13(14-9)12(10-2-3-10)15-11-4-6-16-7-5-11/h8,10-12,15H,2-7H2,1H3. The Morgan fingerprint density at radius 1 is 1.29 bits per heavy atom. The Morgan fingerprint density at radius 2 is 2.06 bits per heavy atom. The van der Waals surface area contributed by atoms with Gasteiger partial charge in [0.15, 0.2) is 0 Å².